The highest BCUT2D eigenvalue weighted by Gasteiger charge is 2.38. The van der Waals surface area contributed by atoms with Gasteiger partial charge in [-0.2, -0.15) is 15.8 Å². The highest BCUT2D eigenvalue weighted by molar-refractivity contribution is 6.51. The predicted octanol–water partition coefficient (Wildman–Crippen LogP) is 20.8. The molecule has 0 unspecified atom stereocenters. The Morgan fingerprint density at radius 2 is 0.630 bits per heavy atom. The number of aryl methyl sites for hydroxylation is 3. The number of nitriles is 3. The van der Waals surface area contributed by atoms with Crippen molar-refractivity contribution in [1.29, 1.82) is 15.8 Å². The number of carbonyl (C=O) groups is 3. The highest BCUT2D eigenvalue weighted by Crippen LogP contribution is 2.52. The summed E-state index contributed by atoms with van der Waals surface area (Å²) in [5.74, 6) is -4.03. The zero-order valence-corrected chi connectivity index (χ0v) is 82.2. The van der Waals surface area contributed by atoms with Gasteiger partial charge in [-0.1, -0.05) is 200 Å². The molecule has 3 aromatic carbocycles. The number of anilines is 6. The van der Waals surface area contributed by atoms with Crippen molar-refractivity contribution in [3.05, 3.63) is 252 Å². The van der Waals surface area contributed by atoms with Gasteiger partial charge >= 0.3 is 0 Å². The number of halogens is 15. The van der Waals surface area contributed by atoms with Crippen molar-refractivity contribution in [1.82, 2.24) is 58.3 Å². The first-order valence-electron chi connectivity index (χ1n) is 41.3. The summed E-state index contributed by atoms with van der Waals surface area (Å²) in [4.78, 5) is 118. The van der Waals surface area contributed by atoms with Gasteiger partial charge in [0.15, 0.2) is 17.5 Å². The number of nitrogens with two attached hydrogens (primary N) is 3. The summed E-state index contributed by atoms with van der Waals surface area (Å²) in [6, 6.07) is 16.1. The fraction of sp³-hybridized carbons (Fsp3) is 0.258. The minimum Gasteiger partial charge on any atom is -0.397 e. The first-order valence-corrected chi connectivity index (χ1v) is 45.8. The fourth-order valence-corrected chi connectivity index (χ4v) is 19.2. The van der Waals surface area contributed by atoms with Crippen LogP contribution in [0.5, 0.6) is 0 Å². The highest BCUT2D eigenvalue weighted by atomic mass is 35.5. The fourth-order valence-electron chi connectivity index (χ4n) is 16.6. The summed E-state index contributed by atoms with van der Waals surface area (Å²) in [6.45, 7) is 31.4. The number of benzene rings is 3. The second-order valence-corrected chi connectivity index (χ2v) is 36.9. The average Bonchev–Trinajstić information content (AvgIpc) is 0.728. The molecule has 3 aliphatic rings. The smallest absolute Gasteiger partial charge is 0.276 e. The molecule has 696 valence electrons. The second-order valence-electron chi connectivity index (χ2n) is 32.2. The van der Waals surface area contributed by atoms with Gasteiger partial charge in [-0.25, -0.2) is 28.1 Å². The molecule has 27 nitrogen and oxygen atoms in total. The van der Waals surface area contributed by atoms with Crippen LogP contribution in [0.25, 0.3) is 83.9 Å². The van der Waals surface area contributed by atoms with Crippen LogP contribution in [-0.4, -0.2) is 155 Å². The van der Waals surface area contributed by atoms with E-state index in [4.69, 9.17) is 171 Å². The number of nitrogen functional groups attached to an aromatic ring is 3. The van der Waals surface area contributed by atoms with E-state index in [2.05, 4.69) is 52.9 Å². The number of hydrogen-bond donors (Lipinski definition) is 3. The van der Waals surface area contributed by atoms with E-state index in [-0.39, 0.29) is 171 Å². The van der Waals surface area contributed by atoms with E-state index in [0.29, 0.717) is 151 Å². The molecule has 12 aromatic rings. The molecule has 0 saturated carbocycles. The molecule has 9 aromatic heterocycles. The van der Waals surface area contributed by atoms with Crippen LogP contribution in [0.2, 0.25) is 60.3 Å². The van der Waals surface area contributed by atoms with Crippen molar-refractivity contribution in [2.45, 2.75) is 80.1 Å². The number of rotatable bonds is 15. The molecular formula is C93H78Cl12F3N21O6. The molecule has 12 heterocycles. The molecule has 3 amide bonds. The van der Waals surface area contributed by atoms with Crippen molar-refractivity contribution in [2.75, 3.05) is 110 Å². The standard InChI is InChI=1S/3C31H26Cl4FN7O2/c2*1-5-19(44)41-8-10-42(11-9-41)29-16-12-18(32)27(20-24(36)22(34)21(33)23(35)25(20)38)40-30(16)43(31(45)17(29)13-37)28-15(4)6-7-39-26(28)14(2)3;1-5-19(44)41-8-10-42(11-9-41)29-16-12-18(32)27(20-21(33)22(34)24(36)23(35)25(20)38)40-30(16)43(31(45)17(29)13-37)28-15(4)6-7-39-26(28)14(2)3/h3*5-7,12,14H,1,8-11,38H2,2-4H3. The van der Waals surface area contributed by atoms with Gasteiger partial charge in [0, 0.05) is 119 Å². The number of aromatic nitrogens is 9. The van der Waals surface area contributed by atoms with Gasteiger partial charge in [0.25, 0.3) is 16.7 Å². The van der Waals surface area contributed by atoms with Crippen LogP contribution < -0.4 is 48.6 Å². The molecule has 0 aliphatic carbocycles. The van der Waals surface area contributed by atoms with Crippen LogP contribution in [0.3, 0.4) is 0 Å². The lowest BCUT2D eigenvalue weighted by molar-refractivity contribution is -0.127. The van der Waals surface area contributed by atoms with Gasteiger partial charge in [0.2, 0.25) is 17.7 Å². The van der Waals surface area contributed by atoms with E-state index >= 15 is 8.78 Å². The maximum atomic E-state index is 15.7. The molecule has 0 atom stereocenters. The van der Waals surface area contributed by atoms with Gasteiger partial charge in [0.1, 0.15) is 56.9 Å². The maximum Gasteiger partial charge on any atom is 0.276 e. The number of amides is 3. The summed E-state index contributed by atoms with van der Waals surface area (Å²) in [5.41, 5.74) is 20.9. The third kappa shape index (κ3) is 18.2. The molecule has 135 heavy (non-hydrogen) atoms. The van der Waals surface area contributed by atoms with Crippen LogP contribution in [0.15, 0.2) is 107 Å². The van der Waals surface area contributed by atoms with Crippen molar-refractivity contribution in [2.24, 2.45) is 0 Å². The summed E-state index contributed by atoms with van der Waals surface area (Å²) in [6.07, 6.45) is 8.62. The SMILES string of the molecule is C=CC(=O)N1CCN(c2c(C#N)c(=O)n(-c3c(C)ccnc3C(C)C)c3nc(-c4c(N)c(Cl)c(Cl)c(Cl)c4F)c(Cl)cc23)CC1.C=CC(=O)N1CCN(c2c(C#N)c(=O)n(-c3c(C)ccnc3C(C)C)c3nc(-c4c(N)c(Cl)c(Cl)c(Cl)c4F)c(Cl)cc23)CC1.C=CC(=O)N1CCN(c2c(C#N)c(=O)n(-c3c(C)ccnc3C(C)C)c3nc(-c4c(N)c(Cl)c(F)c(Cl)c4Cl)c(Cl)cc23)CC1. The summed E-state index contributed by atoms with van der Waals surface area (Å²) >= 11 is 76.4. The summed E-state index contributed by atoms with van der Waals surface area (Å²) in [7, 11) is 0. The van der Waals surface area contributed by atoms with E-state index in [9.17, 15) is 48.9 Å². The van der Waals surface area contributed by atoms with Crippen molar-refractivity contribution >= 4 is 224 Å². The normalized spacial score (nSPS) is 13.4. The number of hydrogen-bond acceptors (Lipinski definition) is 21. The Hall–Kier alpha value is -11.6. The Balaban J connectivity index is 0.000000171. The molecule has 0 bridgehead atoms. The second kappa shape index (κ2) is 40.7. The van der Waals surface area contributed by atoms with Crippen LogP contribution in [0, 0.1) is 72.2 Å². The summed E-state index contributed by atoms with van der Waals surface area (Å²) < 4.78 is 50.0. The first kappa shape index (κ1) is 101. The zero-order chi connectivity index (χ0) is 98.7. The molecule has 0 radical (unpaired) electrons. The molecule has 15 rings (SSSR count). The van der Waals surface area contributed by atoms with Gasteiger partial charge < -0.3 is 46.6 Å². The van der Waals surface area contributed by atoms with E-state index in [0.717, 1.165) is 0 Å². The van der Waals surface area contributed by atoms with Crippen molar-refractivity contribution in [3.63, 3.8) is 0 Å². The Morgan fingerprint density at radius 3 is 0.881 bits per heavy atom. The molecule has 0 spiro atoms. The lowest BCUT2D eigenvalue weighted by atomic mass is 10.0. The van der Waals surface area contributed by atoms with Crippen LogP contribution in [0.1, 0.15) is 110 Å². The van der Waals surface area contributed by atoms with E-state index < -0.39 is 54.2 Å². The van der Waals surface area contributed by atoms with Gasteiger partial charge in [-0.15, -0.1) is 0 Å². The Labute approximate surface area is 830 Å². The van der Waals surface area contributed by atoms with Crippen LogP contribution in [-0.2, 0) is 14.4 Å². The molecule has 3 aliphatic heterocycles. The van der Waals surface area contributed by atoms with E-state index in [1.807, 2.05) is 77.0 Å². The van der Waals surface area contributed by atoms with Crippen LogP contribution in [0.4, 0.5) is 47.3 Å². The first-order chi connectivity index (χ1) is 64.0. The number of nitrogens with zero attached hydrogens (tertiary/aromatic N) is 18. The quantitative estimate of drug-likeness (QED) is 0.0371. The molecule has 3 fully saturated rings. The molecule has 6 N–H and O–H groups in total. The molecule has 3 saturated heterocycles. The molecular weight excluding hydrogens is 1990 g/mol. The lowest BCUT2D eigenvalue weighted by Crippen LogP contribution is -2.49. The topological polar surface area (TPSA) is 363 Å². The Bertz CT molecular complexity index is 6640. The zero-order valence-electron chi connectivity index (χ0n) is 73.2. The van der Waals surface area contributed by atoms with Gasteiger partial charge in [0.05, 0.1) is 152 Å². The number of pyridine rings is 9. The minimum atomic E-state index is -0.999. The largest absolute Gasteiger partial charge is 0.397 e. The minimum absolute atomic E-state index is 0.00619. The third-order valence-electron chi connectivity index (χ3n) is 23.2. The summed E-state index contributed by atoms with van der Waals surface area (Å²) in [5, 5.41) is 29.1. The monoisotopic (exact) mass is 2060 g/mol. The van der Waals surface area contributed by atoms with Gasteiger partial charge in [-0.3, -0.25) is 57.4 Å². The van der Waals surface area contributed by atoms with E-state index in [1.165, 1.54) is 44.1 Å². The number of piperazine rings is 3. The Kier molecular flexibility index (Phi) is 30.4. The van der Waals surface area contributed by atoms with Crippen LogP contribution >= 0.6 is 139 Å². The van der Waals surface area contributed by atoms with Crippen molar-refractivity contribution in [3.8, 4) is 69.0 Å². The lowest BCUT2D eigenvalue weighted by Gasteiger charge is -2.36. The molecule has 42 heteroatoms. The van der Waals surface area contributed by atoms with Gasteiger partial charge in [-0.05, 0) is 110 Å². The van der Waals surface area contributed by atoms with E-state index in [1.54, 1.807) is 57.6 Å². The average molecular weight is 2070 g/mol. The number of carbonyl (C=O) groups excluding carboxylic acids is 3. The predicted molar refractivity (Wildman–Crippen MR) is 533 cm³/mol. The maximum absolute atomic E-state index is 15.7. The van der Waals surface area contributed by atoms with Crippen molar-refractivity contribution < 1.29 is 27.6 Å². The Morgan fingerprint density at radius 1 is 0.378 bits per heavy atom. The third-order valence-corrected chi connectivity index (χ3v) is 27.9. The number of fused-ring (bicyclic) bond motifs is 3.